The van der Waals surface area contributed by atoms with Crippen LogP contribution in [-0.2, 0) is 16.1 Å². The largest absolute Gasteiger partial charge is 0.360 e. The Bertz CT molecular complexity index is 876. The average molecular weight is 376 g/mol. The molecule has 0 saturated carbocycles. The summed E-state index contributed by atoms with van der Waals surface area (Å²) in [6.45, 7) is 1.40. The van der Waals surface area contributed by atoms with Gasteiger partial charge in [-0.25, -0.2) is 8.78 Å². The fraction of sp³-hybridized carbons (Fsp3) is 0.500. The number of imide groups is 1. The van der Waals surface area contributed by atoms with Gasteiger partial charge in [0.05, 0.1) is 11.3 Å². The molecule has 2 bridgehead atoms. The van der Waals surface area contributed by atoms with E-state index in [0.29, 0.717) is 18.7 Å². The number of piperidine rings is 2. The topological polar surface area (TPSA) is 81.8 Å². The van der Waals surface area contributed by atoms with Crippen LogP contribution in [0.25, 0.3) is 0 Å². The molecule has 27 heavy (non-hydrogen) atoms. The smallest absolute Gasteiger partial charge is 0.258 e. The summed E-state index contributed by atoms with van der Waals surface area (Å²) in [6, 6.07) is 0.150. The van der Waals surface area contributed by atoms with Crippen LogP contribution >= 0.6 is 0 Å². The van der Waals surface area contributed by atoms with Gasteiger partial charge in [-0.2, -0.15) is 0 Å². The zero-order valence-electron chi connectivity index (χ0n) is 14.4. The Morgan fingerprint density at radius 3 is 2.48 bits per heavy atom. The number of hydrogen-bond donors (Lipinski definition) is 2. The molecular formula is C18H18F2N4O3. The second kappa shape index (κ2) is 5.72. The highest BCUT2D eigenvalue weighted by Gasteiger charge is 2.47. The lowest BCUT2D eigenvalue weighted by Crippen LogP contribution is -2.68. The highest BCUT2D eigenvalue weighted by atomic mass is 19.1. The molecule has 4 heterocycles. The van der Waals surface area contributed by atoms with Crippen LogP contribution in [0, 0.1) is 11.6 Å². The Balaban J connectivity index is 1.54. The number of piperazine rings is 1. The number of anilines is 1. The molecule has 3 fully saturated rings. The fourth-order valence-corrected chi connectivity index (χ4v) is 4.79. The number of rotatable bonds is 2. The first kappa shape index (κ1) is 16.6. The first-order valence-corrected chi connectivity index (χ1v) is 9.10. The van der Waals surface area contributed by atoms with Crippen molar-refractivity contribution in [1.82, 2.24) is 15.5 Å². The van der Waals surface area contributed by atoms with Gasteiger partial charge in [0.15, 0.2) is 0 Å². The first-order valence-electron chi connectivity index (χ1n) is 9.10. The highest BCUT2D eigenvalue weighted by Crippen LogP contribution is 2.43. The Kier molecular flexibility index (Phi) is 3.52. The van der Waals surface area contributed by atoms with Gasteiger partial charge >= 0.3 is 0 Å². The van der Waals surface area contributed by atoms with Gasteiger partial charge < -0.3 is 15.1 Å². The van der Waals surface area contributed by atoms with Crippen LogP contribution in [0.4, 0.5) is 14.5 Å². The highest BCUT2D eigenvalue weighted by molar-refractivity contribution is 6.06. The number of nitrogens with zero attached hydrogens (tertiary/aromatic N) is 2. The minimum absolute atomic E-state index is 0.0339. The van der Waals surface area contributed by atoms with E-state index in [-0.39, 0.29) is 48.6 Å². The summed E-state index contributed by atoms with van der Waals surface area (Å²) in [5, 5.41) is 5.47. The van der Waals surface area contributed by atoms with E-state index in [1.807, 2.05) is 4.90 Å². The second-order valence-corrected chi connectivity index (χ2v) is 7.55. The predicted molar refractivity (Wildman–Crippen MR) is 89.9 cm³/mol. The number of carbonyl (C=O) groups excluding carboxylic acids is 3. The molecule has 3 amide bonds. The normalized spacial score (nSPS) is 29.6. The molecule has 0 aliphatic carbocycles. The molecule has 7 nitrogen and oxygen atoms in total. The number of halogens is 2. The third-order valence-corrected chi connectivity index (χ3v) is 6.04. The molecule has 1 aromatic carbocycles. The second-order valence-electron chi connectivity index (χ2n) is 7.55. The molecule has 0 spiro atoms. The van der Waals surface area contributed by atoms with Gasteiger partial charge in [0.25, 0.3) is 5.91 Å². The Morgan fingerprint density at radius 2 is 1.81 bits per heavy atom. The Morgan fingerprint density at radius 1 is 1.07 bits per heavy atom. The molecule has 142 valence electrons. The summed E-state index contributed by atoms with van der Waals surface area (Å²) >= 11 is 0. The van der Waals surface area contributed by atoms with Crippen molar-refractivity contribution in [1.29, 1.82) is 0 Å². The van der Waals surface area contributed by atoms with E-state index in [9.17, 15) is 23.2 Å². The van der Waals surface area contributed by atoms with E-state index in [4.69, 9.17) is 0 Å². The van der Waals surface area contributed by atoms with Gasteiger partial charge in [-0.1, -0.05) is 0 Å². The van der Waals surface area contributed by atoms with Crippen molar-refractivity contribution in [3.8, 4) is 0 Å². The maximum Gasteiger partial charge on any atom is 0.258 e. The lowest BCUT2D eigenvalue weighted by atomic mass is 9.86. The number of carbonyl (C=O) groups is 3. The standard InChI is InChI=1S/C18H18F2N4O3/c19-11-4-12(20)16(24-8-3-9(24)6-21-5-8)10-7-23(18(27)15(10)11)13-1-2-14(25)22-17(13)26/h4,8-9,13,21H,1-3,5-7H2,(H,22,25,26). The third kappa shape index (κ3) is 2.30. The van der Waals surface area contributed by atoms with E-state index in [2.05, 4.69) is 10.6 Å². The molecule has 2 N–H and O–H groups in total. The van der Waals surface area contributed by atoms with Gasteiger partial charge in [0, 0.05) is 49.8 Å². The van der Waals surface area contributed by atoms with Gasteiger partial charge in [-0.15, -0.1) is 0 Å². The van der Waals surface area contributed by atoms with E-state index < -0.39 is 29.5 Å². The van der Waals surface area contributed by atoms with Gasteiger partial charge in [-0.3, -0.25) is 19.7 Å². The molecule has 3 unspecified atom stereocenters. The number of amides is 3. The van der Waals surface area contributed by atoms with E-state index >= 15 is 0 Å². The van der Waals surface area contributed by atoms with Crippen LogP contribution in [-0.4, -0.2) is 53.8 Å². The summed E-state index contributed by atoms with van der Waals surface area (Å²) < 4.78 is 29.2. The van der Waals surface area contributed by atoms with Crippen LogP contribution in [0.1, 0.15) is 35.2 Å². The third-order valence-electron chi connectivity index (χ3n) is 6.04. The molecule has 9 heteroatoms. The van der Waals surface area contributed by atoms with Crippen LogP contribution in [0.5, 0.6) is 0 Å². The molecule has 0 radical (unpaired) electrons. The zero-order chi connectivity index (χ0) is 18.9. The summed E-state index contributed by atoms with van der Waals surface area (Å²) in [4.78, 5) is 39.6. The SMILES string of the molecule is O=C1CCC(N2Cc3c(c(F)cc(F)c3N3C4CNCC3C4)C2=O)C(=O)N1. The maximum absolute atomic E-state index is 14.8. The van der Waals surface area contributed by atoms with Crippen LogP contribution in [0.3, 0.4) is 0 Å². The summed E-state index contributed by atoms with van der Waals surface area (Å²) in [7, 11) is 0. The quantitative estimate of drug-likeness (QED) is 0.725. The van der Waals surface area contributed by atoms with Gasteiger partial charge in [-0.05, 0) is 12.8 Å². The molecule has 5 rings (SSSR count). The zero-order valence-corrected chi connectivity index (χ0v) is 14.4. The lowest BCUT2D eigenvalue weighted by molar-refractivity contribution is -0.136. The van der Waals surface area contributed by atoms with Crippen LogP contribution in [0.2, 0.25) is 0 Å². The lowest BCUT2D eigenvalue weighted by Gasteiger charge is -2.55. The van der Waals surface area contributed by atoms with E-state index in [1.165, 1.54) is 4.90 Å². The van der Waals surface area contributed by atoms with Crippen molar-refractivity contribution in [3.63, 3.8) is 0 Å². The van der Waals surface area contributed by atoms with Crippen molar-refractivity contribution >= 4 is 23.4 Å². The van der Waals surface area contributed by atoms with Gasteiger partial charge in [0.2, 0.25) is 11.8 Å². The first-order chi connectivity index (χ1) is 13.0. The molecule has 3 atom stereocenters. The molecule has 0 aromatic heterocycles. The van der Waals surface area contributed by atoms with Crippen molar-refractivity contribution in [3.05, 3.63) is 28.8 Å². The molecule has 4 aliphatic rings. The van der Waals surface area contributed by atoms with Gasteiger partial charge in [0.1, 0.15) is 17.7 Å². The summed E-state index contributed by atoms with van der Waals surface area (Å²) in [5.41, 5.74) is 0.421. The molecule has 4 aliphatic heterocycles. The monoisotopic (exact) mass is 376 g/mol. The number of benzene rings is 1. The fourth-order valence-electron chi connectivity index (χ4n) is 4.79. The molecule has 3 saturated heterocycles. The van der Waals surface area contributed by atoms with Crippen molar-refractivity contribution in [2.24, 2.45) is 0 Å². The van der Waals surface area contributed by atoms with E-state index in [0.717, 1.165) is 12.5 Å². The number of fused-ring (bicyclic) bond motifs is 3. The van der Waals surface area contributed by atoms with Crippen LogP contribution < -0.4 is 15.5 Å². The van der Waals surface area contributed by atoms with Crippen molar-refractivity contribution in [2.75, 3.05) is 18.0 Å². The number of hydrogen-bond acceptors (Lipinski definition) is 5. The van der Waals surface area contributed by atoms with E-state index in [1.54, 1.807) is 0 Å². The Labute approximate surface area is 153 Å². The van der Waals surface area contributed by atoms with Crippen molar-refractivity contribution in [2.45, 2.75) is 43.9 Å². The average Bonchev–Trinajstić information content (AvgIpc) is 2.96. The minimum Gasteiger partial charge on any atom is -0.360 e. The number of nitrogens with one attached hydrogen (secondary N) is 2. The minimum atomic E-state index is -0.908. The predicted octanol–water partition coefficient (Wildman–Crippen LogP) is 0.276. The molecular weight excluding hydrogens is 358 g/mol. The maximum atomic E-state index is 14.8. The summed E-state index contributed by atoms with van der Waals surface area (Å²) in [5.74, 6) is -3.17. The molecule has 1 aromatic rings. The Hall–Kier alpha value is -2.55. The van der Waals surface area contributed by atoms with Crippen molar-refractivity contribution < 1.29 is 23.2 Å². The summed E-state index contributed by atoms with van der Waals surface area (Å²) in [6.07, 6.45) is 1.23. The van der Waals surface area contributed by atoms with Crippen LogP contribution in [0.15, 0.2) is 6.07 Å².